The molecular weight excluding hydrogens is 112 g/mol. The zero-order valence-electron chi connectivity index (χ0n) is 6.65. The van der Waals surface area contributed by atoms with E-state index in [4.69, 9.17) is 5.73 Å². The summed E-state index contributed by atoms with van der Waals surface area (Å²) in [7, 11) is 0. The molecule has 0 aromatic rings. The van der Waals surface area contributed by atoms with E-state index < -0.39 is 0 Å². The molecule has 0 aliphatic rings. The Morgan fingerprint density at radius 3 is 2.11 bits per heavy atom. The summed E-state index contributed by atoms with van der Waals surface area (Å²) in [6.07, 6.45) is 1.12. The Labute approximate surface area is 57.8 Å². The smallest absolute Gasteiger partial charge is 0.0213 e. The van der Waals surface area contributed by atoms with Gasteiger partial charge in [0.05, 0.1) is 0 Å². The number of nitrogens with one attached hydrogen (secondary N) is 1. The van der Waals surface area contributed by atoms with Crippen LogP contribution in [0.5, 0.6) is 0 Å². The van der Waals surface area contributed by atoms with Gasteiger partial charge < -0.3 is 11.1 Å². The third-order valence-electron chi connectivity index (χ3n) is 1.54. The fraction of sp³-hybridized carbons (Fsp3) is 1.00. The number of nitrogens with two attached hydrogens (primary N) is 1. The van der Waals surface area contributed by atoms with Gasteiger partial charge in [0.2, 0.25) is 0 Å². The summed E-state index contributed by atoms with van der Waals surface area (Å²) in [5.41, 5.74) is 5.67. The maximum atomic E-state index is 5.67. The van der Waals surface area contributed by atoms with Gasteiger partial charge in [0, 0.05) is 12.1 Å². The highest BCUT2D eigenvalue weighted by Gasteiger charge is 2.07. The lowest BCUT2D eigenvalue weighted by Gasteiger charge is -2.19. The van der Waals surface area contributed by atoms with Crippen LogP contribution in [0.1, 0.15) is 27.2 Å². The minimum absolute atomic E-state index is 0.273. The highest BCUT2D eigenvalue weighted by molar-refractivity contribution is 4.72. The van der Waals surface area contributed by atoms with Crippen molar-refractivity contribution in [1.29, 1.82) is 0 Å². The van der Waals surface area contributed by atoms with Gasteiger partial charge in [-0.25, -0.2) is 0 Å². The van der Waals surface area contributed by atoms with Crippen molar-refractivity contribution in [3.63, 3.8) is 0 Å². The van der Waals surface area contributed by atoms with E-state index in [1.807, 2.05) is 6.92 Å². The van der Waals surface area contributed by atoms with Crippen molar-refractivity contribution in [1.82, 2.24) is 5.32 Å². The molecule has 3 N–H and O–H groups in total. The molecule has 2 heteroatoms. The Kier molecular flexibility index (Phi) is 4.72. The third-order valence-corrected chi connectivity index (χ3v) is 1.54. The van der Waals surface area contributed by atoms with E-state index in [0.29, 0.717) is 6.04 Å². The molecule has 0 saturated carbocycles. The predicted octanol–water partition coefficient (Wildman–Crippen LogP) is 0.722. The maximum absolute atomic E-state index is 5.67. The van der Waals surface area contributed by atoms with Crippen molar-refractivity contribution in [2.45, 2.75) is 39.3 Å². The average molecular weight is 130 g/mol. The minimum Gasteiger partial charge on any atom is -0.327 e. The first-order chi connectivity index (χ1) is 4.22. The van der Waals surface area contributed by atoms with E-state index in [1.165, 1.54) is 0 Å². The number of likely N-dealkylation sites (N-methyl/N-ethyl adjacent to an activating group) is 1. The van der Waals surface area contributed by atoms with Gasteiger partial charge in [0.25, 0.3) is 0 Å². The molecule has 0 saturated heterocycles. The van der Waals surface area contributed by atoms with Gasteiger partial charge in [-0.05, 0) is 19.9 Å². The molecule has 56 valence electrons. The summed E-state index contributed by atoms with van der Waals surface area (Å²) in [5.74, 6) is 0. The van der Waals surface area contributed by atoms with Gasteiger partial charge >= 0.3 is 0 Å². The van der Waals surface area contributed by atoms with Crippen LogP contribution >= 0.6 is 0 Å². The lowest BCUT2D eigenvalue weighted by atomic mass is 10.1. The van der Waals surface area contributed by atoms with Crippen molar-refractivity contribution >= 4 is 0 Å². The van der Waals surface area contributed by atoms with Gasteiger partial charge in [-0.3, -0.25) is 0 Å². The van der Waals surface area contributed by atoms with Crippen LogP contribution in [0.15, 0.2) is 0 Å². The Morgan fingerprint density at radius 2 is 2.00 bits per heavy atom. The van der Waals surface area contributed by atoms with Crippen LogP contribution in [0.2, 0.25) is 0 Å². The summed E-state index contributed by atoms with van der Waals surface area (Å²) in [4.78, 5) is 0. The average Bonchev–Trinajstić information content (AvgIpc) is 1.82. The number of rotatable bonds is 4. The summed E-state index contributed by atoms with van der Waals surface area (Å²) >= 11 is 0. The molecule has 0 aromatic heterocycles. The van der Waals surface area contributed by atoms with Gasteiger partial charge in [-0.15, -0.1) is 0 Å². The Bertz CT molecular complexity index is 61.9. The van der Waals surface area contributed by atoms with Crippen LogP contribution in [-0.4, -0.2) is 18.6 Å². The number of hydrogen-bond donors (Lipinski definition) is 2. The molecule has 0 aliphatic heterocycles. The van der Waals surface area contributed by atoms with E-state index in [1.54, 1.807) is 0 Å². The molecule has 0 radical (unpaired) electrons. The topological polar surface area (TPSA) is 38.0 Å². The fourth-order valence-corrected chi connectivity index (χ4v) is 0.964. The highest BCUT2D eigenvalue weighted by atomic mass is 14.9. The molecule has 2 atom stereocenters. The zero-order chi connectivity index (χ0) is 7.28. The van der Waals surface area contributed by atoms with Gasteiger partial charge in [-0.2, -0.15) is 0 Å². The molecule has 0 fully saturated rings. The van der Waals surface area contributed by atoms with Crippen LogP contribution < -0.4 is 11.1 Å². The van der Waals surface area contributed by atoms with E-state index in [-0.39, 0.29) is 6.04 Å². The van der Waals surface area contributed by atoms with Crippen LogP contribution in [-0.2, 0) is 0 Å². The molecule has 0 heterocycles. The Morgan fingerprint density at radius 1 is 1.44 bits per heavy atom. The van der Waals surface area contributed by atoms with Crippen LogP contribution in [0, 0.1) is 0 Å². The first kappa shape index (κ1) is 8.92. The summed E-state index contributed by atoms with van der Waals surface area (Å²) in [6, 6.07) is 0.768. The molecule has 2 unspecified atom stereocenters. The van der Waals surface area contributed by atoms with E-state index in [0.717, 1.165) is 13.0 Å². The summed E-state index contributed by atoms with van der Waals surface area (Å²) in [6.45, 7) is 7.30. The second-order valence-corrected chi connectivity index (χ2v) is 2.43. The first-order valence-electron chi connectivity index (χ1n) is 3.71. The van der Waals surface area contributed by atoms with Crippen molar-refractivity contribution in [3.8, 4) is 0 Å². The van der Waals surface area contributed by atoms with Crippen molar-refractivity contribution in [3.05, 3.63) is 0 Å². The normalized spacial score (nSPS) is 17.3. The van der Waals surface area contributed by atoms with Crippen LogP contribution in [0.4, 0.5) is 0 Å². The molecular formula is C7H18N2. The minimum atomic E-state index is 0.273. The fourth-order valence-electron chi connectivity index (χ4n) is 0.964. The quantitative estimate of drug-likeness (QED) is 0.588. The van der Waals surface area contributed by atoms with Crippen molar-refractivity contribution in [2.24, 2.45) is 5.73 Å². The summed E-state index contributed by atoms with van der Waals surface area (Å²) < 4.78 is 0. The predicted molar refractivity (Wildman–Crippen MR) is 41.4 cm³/mol. The van der Waals surface area contributed by atoms with Crippen LogP contribution in [0.3, 0.4) is 0 Å². The lowest BCUT2D eigenvalue weighted by Crippen LogP contribution is -2.42. The van der Waals surface area contributed by atoms with Crippen LogP contribution in [0.25, 0.3) is 0 Å². The molecule has 0 spiro atoms. The third kappa shape index (κ3) is 3.49. The van der Waals surface area contributed by atoms with Crippen molar-refractivity contribution in [2.75, 3.05) is 6.54 Å². The first-order valence-corrected chi connectivity index (χ1v) is 3.71. The van der Waals surface area contributed by atoms with E-state index >= 15 is 0 Å². The zero-order valence-corrected chi connectivity index (χ0v) is 6.65. The van der Waals surface area contributed by atoms with Gasteiger partial charge in [-0.1, -0.05) is 13.8 Å². The van der Waals surface area contributed by atoms with Gasteiger partial charge in [0.1, 0.15) is 0 Å². The Hall–Kier alpha value is -0.0800. The standard InChI is InChI=1S/C7H18N2/c1-4-7(6(3)8)9-5-2/h6-7,9H,4-5,8H2,1-3H3. The largest absolute Gasteiger partial charge is 0.327 e. The SMILES string of the molecule is CCNC(CC)C(C)N. The molecule has 0 bridgehead atoms. The molecule has 0 amide bonds. The molecule has 9 heavy (non-hydrogen) atoms. The second kappa shape index (κ2) is 4.77. The van der Waals surface area contributed by atoms with Gasteiger partial charge in [0.15, 0.2) is 0 Å². The monoisotopic (exact) mass is 130 g/mol. The molecule has 0 aromatic carbocycles. The molecule has 0 aliphatic carbocycles. The highest BCUT2D eigenvalue weighted by Crippen LogP contribution is 1.93. The maximum Gasteiger partial charge on any atom is 0.0213 e. The lowest BCUT2D eigenvalue weighted by molar-refractivity contribution is 0.447. The summed E-state index contributed by atoms with van der Waals surface area (Å²) in [5, 5.41) is 3.31. The number of hydrogen-bond acceptors (Lipinski definition) is 2. The Balaban J connectivity index is 3.41. The van der Waals surface area contributed by atoms with E-state index in [2.05, 4.69) is 19.2 Å². The van der Waals surface area contributed by atoms with E-state index in [9.17, 15) is 0 Å². The van der Waals surface area contributed by atoms with Crippen molar-refractivity contribution < 1.29 is 0 Å². The second-order valence-electron chi connectivity index (χ2n) is 2.43. The molecule has 2 nitrogen and oxygen atoms in total. The molecule has 0 rings (SSSR count).